The average molecular weight is 278 g/mol. The van der Waals surface area contributed by atoms with Crippen LogP contribution in [0.1, 0.15) is 39.2 Å². The molecule has 0 bridgehead atoms. The fourth-order valence-corrected chi connectivity index (χ4v) is 2.63. The highest BCUT2D eigenvalue weighted by Crippen LogP contribution is 2.25. The van der Waals surface area contributed by atoms with Crippen molar-refractivity contribution in [1.82, 2.24) is 10.2 Å². The van der Waals surface area contributed by atoms with Crippen LogP contribution in [-0.4, -0.2) is 28.3 Å². The summed E-state index contributed by atoms with van der Waals surface area (Å²) in [4.78, 5) is 26.5. The zero-order chi connectivity index (χ0) is 15.1. The highest BCUT2D eigenvalue weighted by Gasteiger charge is 2.46. The third-order valence-corrected chi connectivity index (χ3v) is 3.59. The van der Waals surface area contributed by atoms with Gasteiger partial charge in [0.15, 0.2) is 0 Å². The molecule has 1 aromatic heterocycles. The predicted molar refractivity (Wildman–Crippen MR) is 74.8 cm³/mol. The normalized spacial score (nSPS) is 22.3. The molecule has 5 nitrogen and oxygen atoms in total. The molecule has 20 heavy (non-hydrogen) atoms. The van der Waals surface area contributed by atoms with Crippen LogP contribution in [0.5, 0.6) is 0 Å². The van der Waals surface area contributed by atoms with Crippen molar-refractivity contribution in [3.63, 3.8) is 0 Å². The Morgan fingerprint density at radius 2 is 2.00 bits per heavy atom. The Hall–Kier alpha value is -1.78. The van der Waals surface area contributed by atoms with E-state index in [1.807, 2.05) is 32.9 Å². The quantitative estimate of drug-likeness (QED) is 0.917. The van der Waals surface area contributed by atoms with Crippen molar-refractivity contribution in [1.29, 1.82) is 0 Å². The Bertz CT molecular complexity index is 531. The molecular weight excluding hydrogens is 256 g/mol. The van der Waals surface area contributed by atoms with Crippen molar-refractivity contribution in [2.24, 2.45) is 5.92 Å². The first-order valence-corrected chi connectivity index (χ1v) is 6.91. The van der Waals surface area contributed by atoms with Crippen LogP contribution in [0, 0.1) is 12.8 Å². The zero-order valence-electron chi connectivity index (χ0n) is 12.7. The molecule has 1 N–H and O–H groups in total. The monoisotopic (exact) mass is 278 g/mol. The van der Waals surface area contributed by atoms with Crippen LogP contribution in [0.2, 0.25) is 0 Å². The lowest BCUT2D eigenvalue weighted by Gasteiger charge is -2.44. The number of amides is 2. The molecule has 2 heterocycles. The van der Waals surface area contributed by atoms with Gasteiger partial charge in [0, 0.05) is 0 Å². The van der Waals surface area contributed by atoms with Crippen molar-refractivity contribution >= 4 is 11.8 Å². The van der Waals surface area contributed by atoms with E-state index in [2.05, 4.69) is 5.32 Å². The molecule has 1 unspecified atom stereocenters. The maximum Gasteiger partial charge on any atom is 0.248 e. The number of hydrogen-bond acceptors (Lipinski definition) is 3. The van der Waals surface area contributed by atoms with E-state index in [0.29, 0.717) is 12.3 Å². The first-order chi connectivity index (χ1) is 9.22. The summed E-state index contributed by atoms with van der Waals surface area (Å²) >= 11 is 0. The Kier molecular flexibility index (Phi) is 3.63. The molecule has 0 radical (unpaired) electrons. The fraction of sp³-hybridized carbons (Fsp3) is 0.600. The highest BCUT2D eigenvalue weighted by molar-refractivity contribution is 5.99. The number of nitrogens with zero attached hydrogens (tertiary/aromatic N) is 1. The van der Waals surface area contributed by atoms with Crippen LogP contribution in [0.4, 0.5) is 0 Å². The van der Waals surface area contributed by atoms with Crippen LogP contribution in [0.3, 0.4) is 0 Å². The van der Waals surface area contributed by atoms with Gasteiger partial charge in [0.05, 0.1) is 6.54 Å². The zero-order valence-corrected chi connectivity index (χ0v) is 12.7. The smallest absolute Gasteiger partial charge is 0.248 e. The van der Waals surface area contributed by atoms with Gasteiger partial charge in [0.2, 0.25) is 11.8 Å². The molecule has 0 aromatic carbocycles. The molecule has 1 atom stereocenters. The number of carbonyl (C=O) groups excluding carboxylic acids is 2. The second-order valence-corrected chi connectivity index (χ2v) is 6.25. The minimum Gasteiger partial charge on any atom is -0.464 e. The predicted octanol–water partition coefficient (Wildman–Crippen LogP) is 1.85. The Morgan fingerprint density at radius 3 is 2.50 bits per heavy atom. The van der Waals surface area contributed by atoms with Crippen LogP contribution in [0.15, 0.2) is 16.5 Å². The summed E-state index contributed by atoms with van der Waals surface area (Å²) in [6, 6.07) is 3.25. The lowest BCUT2D eigenvalue weighted by molar-refractivity contribution is -0.156. The maximum absolute atomic E-state index is 12.6. The largest absolute Gasteiger partial charge is 0.464 e. The summed E-state index contributed by atoms with van der Waals surface area (Å²) in [6.07, 6.45) is 0. The van der Waals surface area contributed by atoms with Gasteiger partial charge < -0.3 is 14.6 Å². The van der Waals surface area contributed by atoms with Gasteiger partial charge >= 0.3 is 0 Å². The summed E-state index contributed by atoms with van der Waals surface area (Å²) in [5.41, 5.74) is -0.871. The summed E-state index contributed by atoms with van der Waals surface area (Å²) in [5, 5.41) is 2.80. The van der Waals surface area contributed by atoms with E-state index in [4.69, 9.17) is 4.42 Å². The highest BCUT2D eigenvalue weighted by atomic mass is 16.3. The summed E-state index contributed by atoms with van der Waals surface area (Å²) in [6.45, 7) is 9.52. The molecule has 2 rings (SSSR count). The summed E-state index contributed by atoms with van der Waals surface area (Å²) in [5.74, 6) is 1.37. The first kappa shape index (κ1) is 14.6. The molecule has 5 heteroatoms. The second-order valence-electron chi connectivity index (χ2n) is 6.25. The minimum absolute atomic E-state index is 0.0473. The number of hydrogen-bond donors (Lipinski definition) is 1. The van der Waals surface area contributed by atoms with Gasteiger partial charge in [0.25, 0.3) is 0 Å². The van der Waals surface area contributed by atoms with E-state index >= 15 is 0 Å². The third-order valence-electron chi connectivity index (χ3n) is 3.59. The number of nitrogens with one attached hydrogen (secondary N) is 1. The van der Waals surface area contributed by atoms with Crippen molar-refractivity contribution in [3.8, 4) is 0 Å². The van der Waals surface area contributed by atoms with Crippen molar-refractivity contribution in [2.75, 3.05) is 0 Å². The molecule has 1 aromatic rings. The van der Waals surface area contributed by atoms with Crippen LogP contribution in [-0.2, 0) is 16.1 Å². The van der Waals surface area contributed by atoms with Gasteiger partial charge in [-0.2, -0.15) is 0 Å². The van der Waals surface area contributed by atoms with Crippen molar-refractivity contribution < 1.29 is 14.0 Å². The Morgan fingerprint density at radius 1 is 1.35 bits per heavy atom. The maximum atomic E-state index is 12.6. The van der Waals surface area contributed by atoms with Crippen LogP contribution >= 0.6 is 0 Å². The molecule has 2 amide bonds. The Balaban J connectivity index is 2.32. The molecule has 0 aliphatic carbocycles. The van der Waals surface area contributed by atoms with Gasteiger partial charge in [-0.1, -0.05) is 13.8 Å². The van der Waals surface area contributed by atoms with E-state index in [1.165, 1.54) is 0 Å². The van der Waals surface area contributed by atoms with E-state index < -0.39 is 11.6 Å². The molecular formula is C15H22N2O3. The van der Waals surface area contributed by atoms with Crippen LogP contribution in [0.25, 0.3) is 0 Å². The summed E-state index contributed by atoms with van der Waals surface area (Å²) in [7, 11) is 0. The van der Waals surface area contributed by atoms with Crippen LogP contribution < -0.4 is 5.32 Å². The van der Waals surface area contributed by atoms with Gasteiger partial charge in [-0.3, -0.25) is 9.59 Å². The number of rotatable bonds is 3. The van der Waals surface area contributed by atoms with E-state index in [1.54, 1.807) is 18.7 Å². The number of carbonyl (C=O) groups is 2. The molecule has 0 saturated carbocycles. The molecule has 110 valence electrons. The topological polar surface area (TPSA) is 62.6 Å². The second kappa shape index (κ2) is 4.96. The van der Waals surface area contributed by atoms with Gasteiger partial charge in [-0.05, 0) is 38.8 Å². The van der Waals surface area contributed by atoms with Gasteiger partial charge in [0.1, 0.15) is 23.1 Å². The molecule has 1 fully saturated rings. The fourth-order valence-electron chi connectivity index (χ4n) is 2.63. The third kappa shape index (κ3) is 2.57. The van der Waals surface area contributed by atoms with Crippen molar-refractivity contribution in [3.05, 3.63) is 23.7 Å². The molecule has 0 spiro atoms. The summed E-state index contributed by atoms with van der Waals surface area (Å²) < 4.78 is 5.54. The number of piperazine rings is 1. The van der Waals surface area contributed by atoms with Gasteiger partial charge in [-0.15, -0.1) is 0 Å². The SMILES string of the molecule is Cc1ccc(CN2C(=O)C(C)(C)NC(=O)C2C(C)C)o1. The standard InChI is InChI=1S/C15H22N2O3/c1-9(2)12-13(18)16-15(4,5)14(19)17(12)8-11-7-6-10(3)20-11/h6-7,9,12H,8H2,1-5H3,(H,16,18). The molecule has 1 aliphatic heterocycles. The van der Waals surface area contributed by atoms with E-state index in [-0.39, 0.29) is 17.7 Å². The first-order valence-electron chi connectivity index (χ1n) is 6.91. The van der Waals surface area contributed by atoms with Crippen molar-refractivity contribution in [2.45, 2.75) is 52.7 Å². The van der Waals surface area contributed by atoms with E-state index in [9.17, 15) is 9.59 Å². The lowest BCUT2D eigenvalue weighted by Crippen LogP contribution is -2.68. The van der Waals surface area contributed by atoms with Gasteiger partial charge in [-0.25, -0.2) is 0 Å². The lowest BCUT2D eigenvalue weighted by atomic mass is 9.91. The Labute approximate surface area is 119 Å². The average Bonchev–Trinajstić information content (AvgIpc) is 2.70. The minimum atomic E-state index is -0.871. The van der Waals surface area contributed by atoms with E-state index in [0.717, 1.165) is 5.76 Å². The molecule has 1 aliphatic rings. The molecule has 1 saturated heterocycles. The number of furan rings is 1. The number of aryl methyl sites for hydroxylation is 1.